The number of hydrogen-bond donors (Lipinski definition) is 7. The fourth-order valence-electron chi connectivity index (χ4n) is 4.33. The molecule has 0 unspecified atom stereocenters. The van der Waals surface area contributed by atoms with Gasteiger partial charge < -0.3 is 37.0 Å². The molecular weight excluding hydrogens is 416 g/mol. The Morgan fingerprint density at radius 1 is 0.485 bits per heavy atom. The lowest BCUT2D eigenvalue weighted by Gasteiger charge is -2.26. The van der Waals surface area contributed by atoms with E-state index in [1.54, 1.807) is 0 Å². The fraction of sp³-hybridized carbons (Fsp3) is 0.750. The Balaban J connectivity index is 1.75. The third-order valence-electron chi connectivity index (χ3n) is 6.32. The van der Waals surface area contributed by atoms with Gasteiger partial charge in [-0.2, -0.15) is 0 Å². The number of nitrogens with zero attached hydrogens (tertiary/aromatic N) is 2. The second-order valence-corrected chi connectivity index (χ2v) is 8.98. The molecule has 0 saturated carbocycles. The summed E-state index contributed by atoms with van der Waals surface area (Å²) in [6.07, 6.45) is 0. The summed E-state index contributed by atoms with van der Waals surface area (Å²) in [5, 5.41) is 32.4. The first-order valence-electron chi connectivity index (χ1n) is 12.8. The third-order valence-corrected chi connectivity index (χ3v) is 6.32. The van der Waals surface area contributed by atoms with Gasteiger partial charge in [-0.25, -0.2) is 0 Å². The predicted octanol–water partition coefficient (Wildman–Crippen LogP) is -1.44. The molecule has 0 aliphatic carbocycles. The minimum absolute atomic E-state index is 0.463. The van der Waals surface area contributed by atoms with E-state index in [0.29, 0.717) is 5.75 Å². The van der Waals surface area contributed by atoms with E-state index >= 15 is 0 Å². The second-order valence-electron chi connectivity index (χ2n) is 8.98. The molecule has 188 valence electrons. The number of para-hydroxylation sites is 1. The minimum Gasteiger partial charge on any atom is -0.507 e. The highest BCUT2D eigenvalue weighted by Crippen LogP contribution is 2.25. The molecule has 7 N–H and O–H groups in total. The van der Waals surface area contributed by atoms with Gasteiger partial charge >= 0.3 is 0 Å². The monoisotopic (exact) mass is 462 g/mol. The molecule has 0 saturated heterocycles. The summed E-state index contributed by atoms with van der Waals surface area (Å²) in [5.41, 5.74) is 2.04. The molecule has 2 aliphatic rings. The van der Waals surface area contributed by atoms with Crippen molar-refractivity contribution in [2.45, 2.75) is 13.1 Å². The number of phenolic OH excluding ortho intramolecular Hbond substituents is 1. The van der Waals surface area contributed by atoms with Gasteiger partial charge in [0.2, 0.25) is 0 Å². The Labute approximate surface area is 200 Å². The molecule has 0 spiro atoms. The van der Waals surface area contributed by atoms with E-state index in [2.05, 4.69) is 59.9 Å². The number of benzene rings is 1. The van der Waals surface area contributed by atoms with E-state index in [9.17, 15) is 5.11 Å². The Morgan fingerprint density at radius 2 is 0.788 bits per heavy atom. The maximum Gasteiger partial charge on any atom is 0.124 e. The molecule has 1 aromatic carbocycles. The average molecular weight is 463 g/mol. The zero-order chi connectivity index (χ0) is 23.0. The van der Waals surface area contributed by atoms with E-state index in [1.807, 2.05) is 0 Å². The van der Waals surface area contributed by atoms with Crippen LogP contribution in [0.5, 0.6) is 5.75 Å². The second kappa shape index (κ2) is 16.3. The first-order chi connectivity index (χ1) is 16.3. The van der Waals surface area contributed by atoms with Crippen molar-refractivity contribution < 1.29 is 5.11 Å². The van der Waals surface area contributed by atoms with Gasteiger partial charge in [-0.1, -0.05) is 18.2 Å². The topological polar surface area (TPSA) is 98.9 Å². The molecule has 2 heterocycles. The maximum absolute atomic E-state index is 11.1. The molecule has 0 fully saturated rings. The van der Waals surface area contributed by atoms with E-state index in [1.165, 1.54) is 0 Å². The van der Waals surface area contributed by atoms with Crippen molar-refractivity contribution in [1.29, 1.82) is 0 Å². The summed E-state index contributed by atoms with van der Waals surface area (Å²) >= 11 is 0. The van der Waals surface area contributed by atoms with Crippen LogP contribution < -0.4 is 31.9 Å². The maximum atomic E-state index is 11.1. The van der Waals surface area contributed by atoms with Crippen LogP contribution >= 0.6 is 0 Å². The number of phenols is 1. The average Bonchev–Trinajstić information content (AvgIpc) is 2.81. The van der Waals surface area contributed by atoms with Crippen molar-refractivity contribution in [1.82, 2.24) is 41.7 Å². The van der Waals surface area contributed by atoms with E-state index in [4.69, 9.17) is 0 Å². The van der Waals surface area contributed by atoms with Gasteiger partial charge in [-0.15, -0.1) is 0 Å². The van der Waals surface area contributed by atoms with Crippen LogP contribution in [0.2, 0.25) is 0 Å². The Hall–Kier alpha value is -1.30. The number of aromatic hydroxyl groups is 1. The molecule has 9 nitrogen and oxygen atoms in total. The highest BCUT2D eigenvalue weighted by Gasteiger charge is 2.15. The van der Waals surface area contributed by atoms with Crippen LogP contribution in [0.4, 0.5) is 0 Å². The molecule has 0 atom stereocenters. The van der Waals surface area contributed by atoms with Crippen LogP contribution in [-0.4, -0.2) is 120 Å². The largest absolute Gasteiger partial charge is 0.507 e. The van der Waals surface area contributed by atoms with E-state index in [-0.39, 0.29) is 0 Å². The normalized spacial score (nSPS) is 26.4. The van der Waals surface area contributed by atoms with Gasteiger partial charge in [-0.05, 0) is 0 Å². The number of fused-ring (bicyclic) bond motifs is 2. The van der Waals surface area contributed by atoms with E-state index < -0.39 is 0 Å². The van der Waals surface area contributed by atoms with Crippen LogP contribution in [0.25, 0.3) is 0 Å². The van der Waals surface area contributed by atoms with Crippen molar-refractivity contribution in [2.75, 3.05) is 105 Å². The van der Waals surface area contributed by atoms with Gasteiger partial charge in [0.15, 0.2) is 0 Å². The highest BCUT2D eigenvalue weighted by molar-refractivity contribution is 5.40. The molecule has 1 aromatic rings. The minimum atomic E-state index is 0.463. The molecule has 0 amide bonds. The lowest BCUT2D eigenvalue weighted by molar-refractivity contribution is 0.252. The van der Waals surface area contributed by atoms with Crippen molar-refractivity contribution in [3.63, 3.8) is 0 Å². The molecule has 33 heavy (non-hydrogen) atoms. The molecule has 3 rings (SSSR count). The number of nitrogens with one attached hydrogen (secondary N) is 6. The number of hydrogen-bond acceptors (Lipinski definition) is 9. The lowest BCUT2D eigenvalue weighted by Crippen LogP contribution is -2.41. The van der Waals surface area contributed by atoms with Crippen LogP contribution in [-0.2, 0) is 13.1 Å². The molecule has 0 radical (unpaired) electrons. The molecule has 9 heteroatoms. The van der Waals surface area contributed by atoms with Crippen LogP contribution in [0.1, 0.15) is 11.1 Å². The van der Waals surface area contributed by atoms with Gasteiger partial charge in [-0.3, -0.25) is 9.80 Å². The van der Waals surface area contributed by atoms with Crippen molar-refractivity contribution in [3.05, 3.63) is 29.3 Å². The SMILES string of the molecule is Oc1c2cccc1CN1CCNCCNCCNCCN(CCNCCNCCNCC1)C2. The number of rotatable bonds is 0. The molecule has 2 aliphatic heterocycles. The first kappa shape index (κ1) is 26.3. The molecule has 4 bridgehead atoms. The fourth-order valence-corrected chi connectivity index (χ4v) is 4.33. The summed E-state index contributed by atoms with van der Waals surface area (Å²) in [5.74, 6) is 0.463. The molecular formula is C24H46N8O. The Morgan fingerprint density at radius 3 is 1.12 bits per heavy atom. The van der Waals surface area contributed by atoms with Gasteiger partial charge in [0.25, 0.3) is 0 Å². The highest BCUT2D eigenvalue weighted by atomic mass is 16.3. The zero-order valence-corrected chi connectivity index (χ0v) is 20.3. The van der Waals surface area contributed by atoms with Crippen LogP contribution in [0.15, 0.2) is 18.2 Å². The summed E-state index contributed by atoms with van der Waals surface area (Å²) in [4.78, 5) is 4.88. The van der Waals surface area contributed by atoms with E-state index in [0.717, 1.165) is 129 Å². The van der Waals surface area contributed by atoms with Gasteiger partial charge in [0, 0.05) is 129 Å². The standard InChI is InChI=1S/C24H46N8O/c33-24-22-2-1-3-23(24)21-32-18-14-29-10-6-25-4-8-27-12-16-31(20-22)17-13-28-9-5-26-7-11-30-15-19-32/h1-3,25-30,33H,4-21H2. The lowest BCUT2D eigenvalue weighted by atomic mass is 10.1. The Kier molecular flexibility index (Phi) is 13.0. The molecule has 0 aromatic heterocycles. The summed E-state index contributed by atoms with van der Waals surface area (Å²) in [7, 11) is 0. The smallest absolute Gasteiger partial charge is 0.124 e. The van der Waals surface area contributed by atoms with Crippen molar-refractivity contribution in [3.8, 4) is 5.75 Å². The van der Waals surface area contributed by atoms with Crippen molar-refractivity contribution in [2.24, 2.45) is 0 Å². The summed E-state index contributed by atoms with van der Waals surface area (Å²) in [6, 6.07) is 6.25. The summed E-state index contributed by atoms with van der Waals surface area (Å²) in [6.45, 7) is 17.0. The summed E-state index contributed by atoms with van der Waals surface area (Å²) < 4.78 is 0. The first-order valence-corrected chi connectivity index (χ1v) is 12.8. The van der Waals surface area contributed by atoms with Gasteiger partial charge in [0.1, 0.15) is 5.75 Å². The van der Waals surface area contributed by atoms with Crippen LogP contribution in [0.3, 0.4) is 0 Å². The predicted molar refractivity (Wildman–Crippen MR) is 136 cm³/mol. The Bertz CT molecular complexity index is 573. The zero-order valence-electron chi connectivity index (χ0n) is 20.3. The third kappa shape index (κ3) is 10.7. The van der Waals surface area contributed by atoms with Crippen LogP contribution in [0, 0.1) is 0 Å². The quantitative estimate of drug-likeness (QED) is 0.250. The van der Waals surface area contributed by atoms with Crippen molar-refractivity contribution >= 4 is 0 Å². The van der Waals surface area contributed by atoms with Gasteiger partial charge in [0.05, 0.1) is 0 Å².